The van der Waals surface area contributed by atoms with Crippen molar-refractivity contribution in [3.63, 3.8) is 0 Å². The molecule has 1 heterocycles. The number of rotatable bonds is 6. The van der Waals surface area contributed by atoms with Crippen LogP contribution in [0.3, 0.4) is 0 Å². The van der Waals surface area contributed by atoms with Crippen molar-refractivity contribution in [3.05, 3.63) is 59.3 Å². The number of fused-ring (bicyclic) bond motifs is 2. The van der Waals surface area contributed by atoms with Crippen LogP contribution in [-0.2, 0) is 19.3 Å². The Hall–Kier alpha value is -2.50. The van der Waals surface area contributed by atoms with E-state index in [1.807, 2.05) is 18.2 Å². The number of aromatic nitrogens is 1. The molecule has 0 saturated heterocycles. The summed E-state index contributed by atoms with van der Waals surface area (Å²) in [4.78, 5) is 5.61. The van der Waals surface area contributed by atoms with Crippen LogP contribution in [0.5, 0.6) is 11.5 Å². The van der Waals surface area contributed by atoms with Crippen LogP contribution >= 0.6 is 0 Å². The van der Waals surface area contributed by atoms with Crippen LogP contribution in [0, 0.1) is 0 Å². The fourth-order valence-electron chi connectivity index (χ4n) is 4.42. The first-order valence-corrected chi connectivity index (χ1v) is 9.78. The van der Waals surface area contributed by atoms with Gasteiger partial charge < -0.3 is 24.5 Å². The Balaban J connectivity index is 1.51. The zero-order valence-corrected chi connectivity index (χ0v) is 16.7. The van der Waals surface area contributed by atoms with E-state index in [-0.39, 0.29) is 6.04 Å². The van der Waals surface area contributed by atoms with E-state index in [2.05, 4.69) is 41.3 Å². The maximum absolute atomic E-state index is 10.9. The largest absolute Gasteiger partial charge is 0.496 e. The summed E-state index contributed by atoms with van der Waals surface area (Å²) in [5.41, 5.74) is 4.70. The van der Waals surface area contributed by atoms with E-state index >= 15 is 0 Å². The van der Waals surface area contributed by atoms with E-state index in [0.29, 0.717) is 6.42 Å². The van der Waals surface area contributed by atoms with Gasteiger partial charge in [0.25, 0.3) is 0 Å². The quantitative estimate of drug-likeness (QED) is 0.690. The minimum Gasteiger partial charge on any atom is -0.496 e. The van der Waals surface area contributed by atoms with Crippen molar-refractivity contribution in [1.82, 2.24) is 9.88 Å². The number of methoxy groups -OCH3 is 2. The van der Waals surface area contributed by atoms with Gasteiger partial charge in [-0.05, 0) is 43.7 Å². The number of aromatic amines is 1. The molecule has 2 aromatic carbocycles. The molecule has 0 fully saturated rings. The van der Waals surface area contributed by atoms with Crippen molar-refractivity contribution in [2.24, 2.45) is 0 Å². The van der Waals surface area contributed by atoms with Crippen LogP contribution in [0.25, 0.3) is 10.9 Å². The molecule has 0 radical (unpaired) electrons. The highest BCUT2D eigenvalue weighted by atomic mass is 16.5. The summed E-state index contributed by atoms with van der Waals surface area (Å²) in [7, 11) is 5.47. The van der Waals surface area contributed by atoms with Gasteiger partial charge in [-0.2, -0.15) is 0 Å². The predicted octanol–water partition coefficient (Wildman–Crippen LogP) is 3.19. The molecule has 3 aromatic rings. The minimum absolute atomic E-state index is 0.0544. The van der Waals surface area contributed by atoms with Gasteiger partial charge >= 0.3 is 0 Å². The van der Waals surface area contributed by atoms with Gasteiger partial charge in [0.1, 0.15) is 11.5 Å². The van der Waals surface area contributed by atoms with Gasteiger partial charge in [0, 0.05) is 47.2 Å². The van der Waals surface area contributed by atoms with E-state index < -0.39 is 6.10 Å². The number of nitrogens with zero attached hydrogens (tertiary/aromatic N) is 1. The zero-order chi connectivity index (χ0) is 19.7. The highest BCUT2D eigenvalue weighted by Gasteiger charge is 2.33. The Morgan fingerprint density at radius 3 is 2.43 bits per heavy atom. The van der Waals surface area contributed by atoms with E-state index in [4.69, 9.17) is 9.47 Å². The summed E-state index contributed by atoms with van der Waals surface area (Å²) in [5, 5.41) is 12.1. The molecule has 0 saturated carbocycles. The molecule has 1 aromatic heterocycles. The Kier molecular flexibility index (Phi) is 5.29. The van der Waals surface area contributed by atoms with Crippen molar-refractivity contribution >= 4 is 10.9 Å². The summed E-state index contributed by atoms with van der Waals surface area (Å²) in [5.74, 6) is 1.70. The molecule has 0 unspecified atom stereocenters. The molecule has 4 rings (SSSR count). The number of hydrogen-bond acceptors (Lipinski definition) is 4. The molecule has 0 spiro atoms. The third kappa shape index (κ3) is 3.36. The van der Waals surface area contributed by atoms with Crippen molar-refractivity contribution < 1.29 is 14.6 Å². The van der Waals surface area contributed by atoms with Crippen LogP contribution in [0.2, 0.25) is 0 Å². The van der Waals surface area contributed by atoms with Gasteiger partial charge in [-0.1, -0.05) is 18.2 Å². The van der Waals surface area contributed by atoms with Crippen molar-refractivity contribution in [2.75, 3.05) is 27.8 Å². The Bertz CT molecular complexity index is 966. The van der Waals surface area contributed by atoms with Crippen LogP contribution in [0.4, 0.5) is 0 Å². The molecule has 2 atom stereocenters. The average Bonchev–Trinajstić information content (AvgIpc) is 3.13. The summed E-state index contributed by atoms with van der Waals surface area (Å²) < 4.78 is 11.1. The number of aliphatic hydroxyl groups excluding tert-OH is 1. The number of para-hydroxylation sites is 1. The van der Waals surface area contributed by atoms with E-state index in [0.717, 1.165) is 42.0 Å². The third-order valence-corrected chi connectivity index (χ3v) is 6.03. The second kappa shape index (κ2) is 7.86. The van der Waals surface area contributed by atoms with Gasteiger partial charge in [-0.15, -0.1) is 0 Å². The smallest absolute Gasteiger partial charge is 0.122 e. The molecule has 28 heavy (non-hydrogen) atoms. The first-order valence-electron chi connectivity index (χ1n) is 9.78. The molecule has 148 valence electrons. The average molecular weight is 380 g/mol. The predicted molar refractivity (Wildman–Crippen MR) is 111 cm³/mol. The number of hydrogen-bond donors (Lipinski definition) is 2. The van der Waals surface area contributed by atoms with Gasteiger partial charge in [0.2, 0.25) is 0 Å². The maximum Gasteiger partial charge on any atom is 0.122 e. The molecular weight excluding hydrogens is 352 g/mol. The monoisotopic (exact) mass is 380 g/mol. The van der Waals surface area contributed by atoms with Gasteiger partial charge in [-0.3, -0.25) is 0 Å². The molecule has 2 N–H and O–H groups in total. The van der Waals surface area contributed by atoms with Gasteiger partial charge in [-0.25, -0.2) is 0 Å². The lowest BCUT2D eigenvalue weighted by molar-refractivity contribution is 0.0559. The Morgan fingerprint density at radius 2 is 1.71 bits per heavy atom. The molecule has 5 heteroatoms. The molecule has 1 aliphatic rings. The standard InChI is InChI=1S/C23H28N2O3/c1-25(11-10-15-14-24-19-7-5-4-6-16(15)19)20-12-17-18(13-21(20)26)23(28-3)9-8-22(17)27-2/h4-9,14,20-21,24,26H,10-13H2,1-3H3/t20-,21-/m1/s1. The van der Waals surface area contributed by atoms with E-state index in [1.165, 1.54) is 16.5 Å². The molecule has 1 aliphatic carbocycles. The highest BCUT2D eigenvalue weighted by Crippen LogP contribution is 2.37. The fraction of sp³-hybridized carbons (Fsp3) is 0.391. The number of H-pyrrole nitrogens is 1. The van der Waals surface area contributed by atoms with Crippen LogP contribution in [0.15, 0.2) is 42.6 Å². The SMILES string of the molecule is COc1ccc(OC)c2c1C[C@@H](O)[C@H](N(C)CCc1c[nH]c3ccccc13)C2. The number of aliphatic hydroxyl groups is 1. The summed E-state index contributed by atoms with van der Waals surface area (Å²) in [6, 6.07) is 12.3. The van der Waals surface area contributed by atoms with Gasteiger partial charge in [0.05, 0.1) is 20.3 Å². The zero-order valence-electron chi connectivity index (χ0n) is 16.7. The van der Waals surface area contributed by atoms with E-state index in [1.54, 1.807) is 14.2 Å². The summed E-state index contributed by atoms with van der Waals surface area (Å²) >= 11 is 0. The normalized spacial score (nSPS) is 19.0. The van der Waals surface area contributed by atoms with Crippen LogP contribution in [-0.4, -0.2) is 54.9 Å². The number of benzene rings is 2. The Morgan fingerprint density at radius 1 is 1.04 bits per heavy atom. The lowest BCUT2D eigenvalue weighted by Gasteiger charge is -2.37. The lowest BCUT2D eigenvalue weighted by Crippen LogP contribution is -2.47. The number of ether oxygens (including phenoxy) is 2. The summed E-state index contributed by atoms with van der Waals surface area (Å²) in [6.07, 6.45) is 3.94. The maximum atomic E-state index is 10.9. The molecule has 0 bridgehead atoms. The summed E-state index contributed by atoms with van der Waals surface area (Å²) in [6.45, 7) is 0.880. The van der Waals surface area contributed by atoms with Crippen molar-refractivity contribution in [1.29, 1.82) is 0 Å². The minimum atomic E-state index is -0.429. The molecule has 0 aliphatic heterocycles. The molecule has 5 nitrogen and oxygen atoms in total. The van der Waals surface area contributed by atoms with Gasteiger partial charge in [0.15, 0.2) is 0 Å². The van der Waals surface area contributed by atoms with Crippen LogP contribution < -0.4 is 9.47 Å². The molecular formula is C23H28N2O3. The van der Waals surface area contributed by atoms with E-state index in [9.17, 15) is 5.11 Å². The Labute approximate surface area is 165 Å². The highest BCUT2D eigenvalue weighted by molar-refractivity contribution is 5.83. The molecule has 0 amide bonds. The topological polar surface area (TPSA) is 57.7 Å². The third-order valence-electron chi connectivity index (χ3n) is 6.03. The first-order chi connectivity index (χ1) is 13.6. The second-order valence-corrected chi connectivity index (χ2v) is 7.56. The fourth-order valence-corrected chi connectivity index (χ4v) is 4.42. The number of nitrogens with one attached hydrogen (secondary N) is 1. The first kappa shape index (κ1) is 18.8. The van der Waals surface area contributed by atoms with Crippen molar-refractivity contribution in [2.45, 2.75) is 31.4 Å². The second-order valence-electron chi connectivity index (χ2n) is 7.56. The number of likely N-dealkylation sites (N-methyl/N-ethyl adjacent to an activating group) is 1. The van der Waals surface area contributed by atoms with Crippen LogP contribution in [0.1, 0.15) is 16.7 Å². The lowest BCUT2D eigenvalue weighted by atomic mass is 9.84. The van der Waals surface area contributed by atoms with Crippen molar-refractivity contribution in [3.8, 4) is 11.5 Å².